The molecule has 2 aliphatic heterocycles. The average molecular weight is 366 g/mol. The Morgan fingerprint density at radius 2 is 1.77 bits per heavy atom. The van der Waals surface area contributed by atoms with Gasteiger partial charge in [-0.15, -0.1) is 0 Å². The van der Waals surface area contributed by atoms with E-state index in [1.807, 2.05) is 25.8 Å². The van der Waals surface area contributed by atoms with Gasteiger partial charge in [-0.05, 0) is 57.7 Å². The van der Waals surface area contributed by atoms with Crippen LogP contribution in [0.15, 0.2) is 4.99 Å². The summed E-state index contributed by atoms with van der Waals surface area (Å²) in [7, 11) is 1.84. The Hall–Kier alpha value is -1.30. The van der Waals surface area contributed by atoms with Crippen molar-refractivity contribution < 1.29 is 4.79 Å². The number of piperidine rings is 2. The molecule has 0 bridgehead atoms. The van der Waals surface area contributed by atoms with Gasteiger partial charge in [-0.25, -0.2) is 0 Å². The van der Waals surface area contributed by atoms with Crippen molar-refractivity contribution in [3.63, 3.8) is 0 Å². The summed E-state index contributed by atoms with van der Waals surface area (Å²) >= 11 is 0. The van der Waals surface area contributed by atoms with Crippen LogP contribution in [0.25, 0.3) is 0 Å². The van der Waals surface area contributed by atoms with E-state index in [9.17, 15) is 4.79 Å². The molecule has 6 heteroatoms. The molecular weight excluding hydrogens is 326 g/mol. The first-order valence-corrected chi connectivity index (χ1v) is 10.5. The van der Waals surface area contributed by atoms with Crippen molar-refractivity contribution in [1.82, 2.24) is 20.4 Å². The van der Waals surface area contributed by atoms with E-state index >= 15 is 0 Å². The van der Waals surface area contributed by atoms with Crippen molar-refractivity contribution >= 4 is 11.9 Å². The third kappa shape index (κ3) is 6.45. The van der Waals surface area contributed by atoms with Gasteiger partial charge in [-0.1, -0.05) is 20.8 Å². The van der Waals surface area contributed by atoms with Crippen LogP contribution < -0.4 is 10.6 Å². The summed E-state index contributed by atoms with van der Waals surface area (Å²) in [6.07, 6.45) is 5.86. The van der Waals surface area contributed by atoms with E-state index in [0.717, 1.165) is 44.4 Å². The fourth-order valence-electron chi connectivity index (χ4n) is 3.98. The molecule has 150 valence electrons. The highest BCUT2D eigenvalue weighted by molar-refractivity contribution is 5.80. The number of carbonyl (C=O) groups excluding carboxylic acids is 1. The van der Waals surface area contributed by atoms with Crippen LogP contribution in [-0.4, -0.2) is 74.0 Å². The van der Waals surface area contributed by atoms with Crippen molar-refractivity contribution in [2.75, 3.05) is 46.3 Å². The van der Waals surface area contributed by atoms with E-state index in [4.69, 9.17) is 0 Å². The molecule has 0 unspecified atom stereocenters. The first-order chi connectivity index (χ1) is 12.5. The zero-order valence-electron chi connectivity index (χ0n) is 17.3. The van der Waals surface area contributed by atoms with Gasteiger partial charge in [-0.3, -0.25) is 9.79 Å². The minimum Gasteiger partial charge on any atom is -0.356 e. The van der Waals surface area contributed by atoms with Gasteiger partial charge in [0.05, 0.1) is 0 Å². The number of hydrogen-bond donors (Lipinski definition) is 2. The molecule has 0 saturated carbocycles. The predicted molar refractivity (Wildman–Crippen MR) is 108 cm³/mol. The highest BCUT2D eigenvalue weighted by atomic mass is 16.2. The van der Waals surface area contributed by atoms with Crippen LogP contribution in [0.3, 0.4) is 0 Å². The minimum atomic E-state index is 0.0955. The van der Waals surface area contributed by atoms with E-state index in [-0.39, 0.29) is 11.8 Å². The molecule has 0 spiro atoms. The SMILES string of the molecule is CCN1CCC(CCNC(=NC)NC2CCN(C(=O)C(C)C)CC2)CC1. The molecule has 2 fully saturated rings. The van der Waals surface area contributed by atoms with Gasteiger partial charge in [0.2, 0.25) is 5.91 Å². The van der Waals surface area contributed by atoms with Crippen molar-refractivity contribution in [2.24, 2.45) is 16.8 Å². The van der Waals surface area contributed by atoms with E-state index in [2.05, 4.69) is 27.4 Å². The zero-order valence-corrected chi connectivity index (χ0v) is 17.3. The lowest BCUT2D eigenvalue weighted by Gasteiger charge is -2.34. The third-order valence-corrected chi connectivity index (χ3v) is 5.86. The number of carbonyl (C=O) groups is 1. The molecule has 0 aromatic heterocycles. The van der Waals surface area contributed by atoms with Gasteiger partial charge in [-0.2, -0.15) is 0 Å². The molecule has 0 aliphatic carbocycles. The molecule has 0 aromatic carbocycles. The highest BCUT2D eigenvalue weighted by Gasteiger charge is 2.24. The van der Waals surface area contributed by atoms with Crippen molar-refractivity contribution in [1.29, 1.82) is 0 Å². The lowest BCUT2D eigenvalue weighted by atomic mass is 9.93. The highest BCUT2D eigenvalue weighted by Crippen LogP contribution is 2.19. The number of likely N-dealkylation sites (tertiary alicyclic amines) is 2. The smallest absolute Gasteiger partial charge is 0.225 e. The first-order valence-electron chi connectivity index (χ1n) is 10.5. The Bertz CT molecular complexity index is 449. The fourth-order valence-corrected chi connectivity index (χ4v) is 3.98. The van der Waals surface area contributed by atoms with E-state index in [1.54, 1.807) is 0 Å². The van der Waals surface area contributed by atoms with Crippen LogP contribution in [0.1, 0.15) is 52.9 Å². The monoisotopic (exact) mass is 365 g/mol. The number of nitrogens with zero attached hydrogens (tertiary/aromatic N) is 3. The summed E-state index contributed by atoms with van der Waals surface area (Å²) < 4.78 is 0. The van der Waals surface area contributed by atoms with Crippen LogP contribution in [0.5, 0.6) is 0 Å². The molecule has 2 aliphatic rings. The van der Waals surface area contributed by atoms with Crippen molar-refractivity contribution in [3.05, 3.63) is 0 Å². The summed E-state index contributed by atoms with van der Waals surface area (Å²) in [5.74, 6) is 2.12. The Kier molecular flexibility index (Phi) is 8.69. The quantitative estimate of drug-likeness (QED) is 0.558. The standard InChI is InChI=1S/C20H39N5O/c1-5-24-12-7-17(8-13-24)6-11-22-20(21-4)23-18-9-14-25(15-10-18)19(26)16(2)3/h16-18H,5-15H2,1-4H3,(H2,21,22,23). The molecule has 2 rings (SSSR count). The Morgan fingerprint density at radius 3 is 2.31 bits per heavy atom. The molecular formula is C20H39N5O. The van der Waals surface area contributed by atoms with E-state index in [1.165, 1.54) is 38.9 Å². The summed E-state index contributed by atoms with van der Waals surface area (Å²) in [6, 6.07) is 0.408. The Morgan fingerprint density at radius 1 is 1.12 bits per heavy atom. The van der Waals surface area contributed by atoms with Crippen LogP contribution in [-0.2, 0) is 4.79 Å². The third-order valence-electron chi connectivity index (χ3n) is 5.86. The molecule has 2 heterocycles. The van der Waals surface area contributed by atoms with Crippen molar-refractivity contribution in [3.8, 4) is 0 Å². The molecule has 0 atom stereocenters. The topological polar surface area (TPSA) is 60.0 Å². The van der Waals surface area contributed by atoms with E-state index in [0.29, 0.717) is 6.04 Å². The number of hydrogen-bond acceptors (Lipinski definition) is 3. The van der Waals surface area contributed by atoms with Crippen LogP contribution >= 0.6 is 0 Å². The van der Waals surface area contributed by atoms with E-state index < -0.39 is 0 Å². The minimum absolute atomic E-state index is 0.0955. The lowest BCUT2D eigenvalue weighted by Crippen LogP contribution is -2.50. The Labute approximate surface area is 159 Å². The summed E-state index contributed by atoms with van der Waals surface area (Å²) in [5.41, 5.74) is 0. The molecule has 0 aromatic rings. The van der Waals surface area contributed by atoms with Gasteiger partial charge in [0, 0.05) is 38.6 Å². The van der Waals surface area contributed by atoms with Gasteiger partial charge < -0.3 is 20.4 Å². The van der Waals surface area contributed by atoms with Crippen LogP contribution in [0, 0.1) is 11.8 Å². The number of amides is 1. The van der Waals surface area contributed by atoms with Crippen LogP contribution in [0.4, 0.5) is 0 Å². The normalized spacial score (nSPS) is 21.3. The summed E-state index contributed by atoms with van der Waals surface area (Å²) in [6.45, 7) is 12.6. The van der Waals surface area contributed by atoms with Gasteiger partial charge in [0.15, 0.2) is 5.96 Å². The largest absolute Gasteiger partial charge is 0.356 e. The average Bonchev–Trinajstić information content (AvgIpc) is 2.67. The van der Waals surface area contributed by atoms with Gasteiger partial charge in [0.1, 0.15) is 0 Å². The number of guanidine groups is 1. The molecule has 2 saturated heterocycles. The molecule has 2 N–H and O–H groups in total. The summed E-state index contributed by atoms with van der Waals surface area (Å²) in [5, 5.41) is 7.03. The second-order valence-electron chi connectivity index (χ2n) is 8.06. The maximum absolute atomic E-state index is 12.1. The lowest BCUT2D eigenvalue weighted by molar-refractivity contribution is -0.135. The van der Waals surface area contributed by atoms with Crippen molar-refractivity contribution in [2.45, 2.75) is 58.9 Å². The number of nitrogens with one attached hydrogen (secondary N) is 2. The van der Waals surface area contributed by atoms with Gasteiger partial charge in [0.25, 0.3) is 0 Å². The number of rotatable bonds is 6. The van der Waals surface area contributed by atoms with Crippen LogP contribution in [0.2, 0.25) is 0 Å². The first kappa shape index (κ1) is 21.0. The molecule has 1 amide bonds. The molecule has 0 radical (unpaired) electrons. The predicted octanol–water partition coefficient (Wildman–Crippen LogP) is 1.92. The number of aliphatic imine (C=N–C) groups is 1. The van der Waals surface area contributed by atoms with Gasteiger partial charge >= 0.3 is 0 Å². The second kappa shape index (κ2) is 10.8. The summed E-state index contributed by atoms with van der Waals surface area (Å²) in [4.78, 5) is 21.0. The zero-order chi connectivity index (χ0) is 18.9. The molecule has 6 nitrogen and oxygen atoms in total. The molecule has 26 heavy (non-hydrogen) atoms. The maximum Gasteiger partial charge on any atom is 0.225 e. The fraction of sp³-hybridized carbons (Fsp3) is 0.900. The maximum atomic E-state index is 12.1. The second-order valence-corrected chi connectivity index (χ2v) is 8.06. The Balaban J connectivity index is 1.63.